The molecule has 0 aromatic carbocycles. The van der Waals surface area contributed by atoms with Crippen molar-refractivity contribution in [2.45, 2.75) is 58.9 Å². The zero-order valence-electron chi connectivity index (χ0n) is 12.3. The van der Waals surface area contributed by atoms with Crippen molar-refractivity contribution in [2.75, 3.05) is 7.05 Å². The molecule has 0 bridgehead atoms. The van der Waals surface area contributed by atoms with Crippen LogP contribution in [0.15, 0.2) is 4.52 Å². The van der Waals surface area contributed by atoms with Gasteiger partial charge in [0.05, 0.1) is 5.92 Å². The third-order valence-electron chi connectivity index (χ3n) is 4.28. The van der Waals surface area contributed by atoms with Crippen LogP contribution < -0.4 is 5.32 Å². The fourth-order valence-corrected chi connectivity index (χ4v) is 2.69. The van der Waals surface area contributed by atoms with Crippen LogP contribution in [0.4, 0.5) is 0 Å². The summed E-state index contributed by atoms with van der Waals surface area (Å²) in [4.78, 5) is 4.64. The Labute approximate surface area is 110 Å². The minimum absolute atomic E-state index is 0.276. The number of nitrogens with one attached hydrogen (secondary N) is 1. The van der Waals surface area contributed by atoms with Gasteiger partial charge in [0.1, 0.15) is 0 Å². The van der Waals surface area contributed by atoms with Gasteiger partial charge < -0.3 is 9.84 Å². The van der Waals surface area contributed by atoms with E-state index in [1.54, 1.807) is 0 Å². The molecule has 1 aliphatic carbocycles. The van der Waals surface area contributed by atoms with Crippen molar-refractivity contribution in [1.82, 2.24) is 15.5 Å². The Balaban J connectivity index is 2.17. The van der Waals surface area contributed by atoms with Crippen molar-refractivity contribution in [1.29, 1.82) is 0 Å². The quantitative estimate of drug-likeness (QED) is 0.874. The molecule has 1 saturated carbocycles. The Morgan fingerprint density at radius 3 is 2.39 bits per heavy atom. The highest BCUT2D eigenvalue weighted by molar-refractivity contribution is 5.15. The zero-order chi connectivity index (χ0) is 13.5. The summed E-state index contributed by atoms with van der Waals surface area (Å²) in [6, 6.07) is 0.338. The molecule has 4 heteroatoms. The Hall–Kier alpha value is -0.900. The molecule has 3 unspecified atom stereocenters. The van der Waals surface area contributed by atoms with Gasteiger partial charge in [0, 0.05) is 12.0 Å². The van der Waals surface area contributed by atoms with Crippen molar-refractivity contribution < 1.29 is 4.52 Å². The zero-order valence-corrected chi connectivity index (χ0v) is 12.3. The first-order chi connectivity index (χ1) is 8.36. The summed E-state index contributed by atoms with van der Waals surface area (Å²) >= 11 is 0. The van der Waals surface area contributed by atoms with Crippen LogP contribution in [0.2, 0.25) is 0 Å². The lowest BCUT2D eigenvalue weighted by Crippen LogP contribution is -2.32. The Morgan fingerprint density at radius 1 is 1.33 bits per heavy atom. The molecule has 3 atom stereocenters. The van der Waals surface area contributed by atoms with Gasteiger partial charge in [-0.25, -0.2) is 0 Å². The summed E-state index contributed by atoms with van der Waals surface area (Å²) in [7, 11) is 1.97. The van der Waals surface area contributed by atoms with Crippen LogP contribution in [-0.4, -0.2) is 23.2 Å². The van der Waals surface area contributed by atoms with E-state index in [4.69, 9.17) is 4.52 Å². The lowest BCUT2D eigenvalue weighted by atomic mass is 9.89. The van der Waals surface area contributed by atoms with Gasteiger partial charge in [0.25, 0.3) is 0 Å². The molecule has 0 spiro atoms. The summed E-state index contributed by atoms with van der Waals surface area (Å²) in [5.74, 6) is 2.91. The van der Waals surface area contributed by atoms with Gasteiger partial charge in [-0.2, -0.15) is 4.98 Å². The molecule has 102 valence electrons. The third kappa shape index (κ3) is 2.44. The number of hydrogen-bond donors (Lipinski definition) is 1. The third-order valence-corrected chi connectivity index (χ3v) is 4.28. The maximum Gasteiger partial charge on any atom is 0.231 e. The average molecular weight is 251 g/mol. The summed E-state index contributed by atoms with van der Waals surface area (Å²) in [5, 5.41) is 7.47. The normalized spacial score (nSPS) is 25.2. The fourth-order valence-electron chi connectivity index (χ4n) is 2.69. The minimum atomic E-state index is 0.276. The predicted octanol–water partition coefficient (Wildman–Crippen LogP) is 2.93. The van der Waals surface area contributed by atoms with E-state index in [9.17, 15) is 0 Å². The average Bonchev–Trinajstić information content (AvgIpc) is 2.74. The summed E-state index contributed by atoms with van der Waals surface area (Å²) in [5.41, 5.74) is 0.350. The number of hydrogen-bond acceptors (Lipinski definition) is 4. The van der Waals surface area contributed by atoms with Gasteiger partial charge in [-0.3, -0.25) is 0 Å². The van der Waals surface area contributed by atoms with Crippen LogP contribution in [0.1, 0.15) is 64.6 Å². The Bertz CT molecular complexity index is 411. The molecule has 2 rings (SSSR count). The van der Waals surface area contributed by atoms with Crippen molar-refractivity contribution in [3.63, 3.8) is 0 Å². The summed E-state index contributed by atoms with van der Waals surface area (Å²) in [6.45, 7) is 11.1. The molecule has 0 aliphatic heterocycles. The lowest BCUT2D eigenvalue weighted by Gasteiger charge is -2.23. The van der Waals surface area contributed by atoms with Crippen molar-refractivity contribution in [3.8, 4) is 0 Å². The standard InChI is InChI=1S/C14H25N3O/c1-8(2)11(9(3)15-6)13-16-12(17-18-13)10-7-14(10,4)5/h8-11,15H,7H2,1-6H3. The van der Waals surface area contributed by atoms with E-state index in [1.165, 1.54) is 6.42 Å². The molecule has 0 radical (unpaired) electrons. The molecule has 0 amide bonds. The Morgan fingerprint density at radius 2 is 1.94 bits per heavy atom. The Kier molecular flexibility index (Phi) is 3.49. The molecule has 1 fully saturated rings. The molecule has 1 aliphatic rings. The highest BCUT2D eigenvalue weighted by Gasteiger charge is 2.49. The van der Waals surface area contributed by atoms with Gasteiger partial charge in [0.2, 0.25) is 5.89 Å². The first kappa shape index (κ1) is 13.5. The van der Waals surface area contributed by atoms with Gasteiger partial charge in [-0.1, -0.05) is 32.9 Å². The van der Waals surface area contributed by atoms with E-state index in [1.807, 2.05) is 7.05 Å². The second kappa shape index (κ2) is 4.65. The summed E-state index contributed by atoms with van der Waals surface area (Å²) in [6.07, 6.45) is 1.17. The largest absolute Gasteiger partial charge is 0.339 e. The highest BCUT2D eigenvalue weighted by atomic mass is 16.5. The van der Waals surface area contributed by atoms with Crippen molar-refractivity contribution in [2.24, 2.45) is 11.3 Å². The maximum atomic E-state index is 5.50. The van der Waals surface area contributed by atoms with Crippen LogP contribution in [-0.2, 0) is 0 Å². The second-order valence-corrected chi connectivity index (χ2v) is 6.58. The molecular weight excluding hydrogens is 226 g/mol. The van der Waals surface area contributed by atoms with Gasteiger partial charge >= 0.3 is 0 Å². The van der Waals surface area contributed by atoms with Crippen molar-refractivity contribution >= 4 is 0 Å². The van der Waals surface area contributed by atoms with Gasteiger partial charge in [-0.05, 0) is 31.7 Å². The molecule has 1 aromatic heterocycles. The maximum absolute atomic E-state index is 5.50. The fraction of sp³-hybridized carbons (Fsp3) is 0.857. The minimum Gasteiger partial charge on any atom is -0.339 e. The molecule has 1 heterocycles. The lowest BCUT2D eigenvalue weighted by molar-refractivity contribution is 0.284. The molecule has 4 nitrogen and oxygen atoms in total. The van der Waals surface area contributed by atoms with Crippen LogP contribution in [0, 0.1) is 11.3 Å². The van der Waals surface area contributed by atoms with Crippen LogP contribution in [0.5, 0.6) is 0 Å². The molecule has 1 N–H and O–H groups in total. The van der Waals surface area contributed by atoms with E-state index in [0.29, 0.717) is 23.3 Å². The smallest absolute Gasteiger partial charge is 0.231 e. The van der Waals surface area contributed by atoms with Crippen molar-refractivity contribution in [3.05, 3.63) is 11.7 Å². The van der Waals surface area contributed by atoms with Crippen LogP contribution >= 0.6 is 0 Å². The topological polar surface area (TPSA) is 51.0 Å². The van der Waals surface area contributed by atoms with Crippen LogP contribution in [0.3, 0.4) is 0 Å². The number of aromatic nitrogens is 2. The highest BCUT2D eigenvalue weighted by Crippen LogP contribution is 2.57. The van der Waals surface area contributed by atoms with E-state index in [2.05, 4.69) is 50.1 Å². The second-order valence-electron chi connectivity index (χ2n) is 6.58. The molecule has 0 saturated heterocycles. The molecule has 1 aromatic rings. The van der Waals surface area contributed by atoms with E-state index in [0.717, 1.165) is 11.7 Å². The van der Waals surface area contributed by atoms with Gasteiger partial charge in [-0.15, -0.1) is 0 Å². The molecule has 18 heavy (non-hydrogen) atoms. The number of nitrogens with zero attached hydrogens (tertiary/aromatic N) is 2. The molecular formula is C14H25N3O. The number of likely N-dealkylation sites (N-methyl/N-ethyl adjacent to an activating group) is 1. The first-order valence-corrected chi connectivity index (χ1v) is 6.87. The predicted molar refractivity (Wildman–Crippen MR) is 71.5 cm³/mol. The monoisotopic (exact) mass is 251 g/mol. The van der Waals surface area contributed by atoms with Gasteiger partial charge in [0.15, 0.2) is 5.82 Å². The summed E-state index contributed by atoms with van der Waals surface area (Å²) < 4.78 is 5.50. The van der Waals surface area contributed by atoms with E-state index < -0.39 is 0 Å². The first-order valence-electron chi connectivity index (χ1n) is 6.87. The van der Waals surface area contributed by atoms with E-state index >= 15 is 0 Å². The number of rotatable bonds is 5. The van der Waals surface area contributed by atoms with E-state index in [-0.39, 0.29) is 5.92 Å². The van der Waals surface area contributed by atoms with Crippen LogP contribution in [0.25, 0.3) is 0 Å². The SMILES string of the molecule is CNC(C)C(c1nc(C2CC2(C)C)no1)C(C)C.